The molecule has 1 amide bonds. The third-order valence-electron chi connectivity index (χ3n) is 3.87. The number of fused-ring (bicyclic) bond motifs is 1. The SMILES string of the molecule is CCCCOC(=O)N1c2ccccc2C(=O)CC1CCCO. The van der Waals surface area contributed by atoms with Gasteiger partial charge in [-0.1, -0.05) is 25.5 Å². The van der Waals surface area contributed by atoms with Crippen molar-refractivity contribution >= 4 is 17.6 Å². The average molecular weight is 305 g/mol. The van der Waals surface area contributed by atoms with E-state index in [9.17, 15) is 9.59 Å². The van der Waals surface area contributed by atoms with E-state index >= 15 is 0 Å². The first kappa shape index (κ1) is 16.5. The van der Waals surface area contributed by atoms with E-state index in [0.29, 0.717) is 30.7 Å². The van der Waals surface area contributed by atoms with Crippen molar-refractivity contribution in [2.75, 3.05) is 18.1 Å². The number of carbonyl (C=O) groups excluding carboxylic acids is 2. The van der Waals surface area contributed by atoms with Crippen molar-refractivity contribution in [3.63, 3.8) is 0 Å². The second kappa shape index (κ2) is 7.94. The summed E-state index contributed by atoms with van der Waals surface area (Å²) >= 11 is 0. The number of ketones is 1. The second-order valence-corrected chi connectivity index (χ2v) is 5.50. The van der Waals surface area contributed by atoms with Crippen LogP contribution in [0.25, 0.3) is 0 Å². The number of Topliss-reactive ketones (excluding diaryl/α,β-unsaturated/α-hetero) is 1. The molecule has 120 valence electrons. The van der Waals surface area contributed by atoms with Crippen LogP contribution in [0.1, 0.15) is 49.4 Å². The molecule has 0 bridgehead atoms. The average Bonchev–Trinajstić information content (AvgIpc) is 2.53. The Balaban J connectivity index is 2.24. The van der Waals surface area contributed by atoms with Gasteiger partial charge in [-0.3, -0.25) is 9.69 Å². The lowest BCUT2D eigenvalue weighted by Gasteiger charge is -2.35. The number of nitrogens with zero attached hydrogens (tertiary/aromatic N) is 1. The van der Waals surface area contributed by atoms with Crippen LogP contribution in [0, 0.1) is 0 Å². The molecule has 1 unspecified atom stereocenters. The number of unbranched alkanes of at least 4 members (excludes halogenated alkanes) is 1. The number of rotatable bonds is 6. The van der Waals surface area contributed by atoms with Gasteiger partial charge in [-0.2, -0.15) is 0 Å². The van der Waals surface area contributed by atoms with Gasteiger partial charge in [-0.25, -0.2) is 4.79 Å². The summed E-state index contributed by atoms with van der Waals surface area (Å²) < 4.78 is 5.34. The Bertz CT molecular complexity index is 529. The third kappa shape index (κ3) is 3.65. The van der Waals surface area contributed by atoms with Gasteiger partial charge in [0.25, 0.3) is 0 Å². The Morgan fingerprint density at radius 3 is 2.86 bits per heavy atom. The number of ether oxygens (including phenoxy) is 1. The Morgan fingerprint density at radius 2 is 2.14 bits per heavy atom. The zero-order valence-corrected chi connectivity index (χ0v) is 13.0. The number of carbonyl (C=O) groups is 2. The van der Waals surface area contributed by atoms with Crippen molar-refractivity contribution in [2.45, 2.75) is 45.1 Å². The van der Waals surface area contributed by atoms with Crippen molar-refractivity contribution in [1.82, 2.24) is 0 Å². The van der Waals surface area contributed by atoms with Gasteiger partial charge < -0.3 is 9.84 Å². The highest BCUT2D eigenvalue weighted by Gasteiger charge is 2.35. The molecule has 5 nitrogen and oxygen atoms in total. The van der Waals surface area contributed by atoms with E-state index in [0.717, 1.165) is 12.8 Å². The van der Waals surface area contributed by atoms with Gasteiger partial charge >= 0.3 is 6.09 Å². The summed E-state index contributed by atoms with van der Waals surface area (Å²) in [6, 6.07) is 6.88. The predicted molar refractivity (Wildman–Crippen MR) is 84.2 cm³/mol. The van der Waals surface area contributed by atoms with Crippen LogP contribution < -0.4 is 4.90 Å². The van der Waals surface area contributed by atoms with Gasteiger partial charge in [0.1, 0.15) is 0 Å². The van der Waals surface area contributed by atoms with E-state index in [1.807, 2.05) is 13.0 Å². The lowest BCUT2D eigenvalue weighted by atomic mass is 9.92. The topological polar surface area (TPSA) is 66.8 Å². The standard InChI is InChI=1S/C17H23NO4/c1-2-3-11-22-17(21)18-13(7-6-10-19)12-16(20)14-8-4-5-9-15(14)18/h4-5,8-9,13,19H,2-3,6-7,10-12H2,1H3. The fourth-order valence-corrected chi connectivity index (χ4v) is 2.71. The number of para-hydroxylation sites is 1. The number of hydrogen-bond acceptors (Lipinski definition) is 4. The van der Waals surface area contributed by atoms with Crippen LogP contribution in [0.5, 0.6) is 0 Å². The van der Waals surface area contributed by atoms with Crippen LogP contribution in [0.2, 0.25) is 0 Å². The molecule has 0 fully saturated rings. The summed E-state index contributed by atoms with van der Waals surface area (Å²) in [5.74, 6) is 0.0381. The molecule has 0 saturated carbocycles. The Hall–Kier alpha value is -1.88. The van der Waals surface area contributed by atoms with Gasteiger partial charge in [-0.15, -0.1) is 0 Å². The monoisotopic (exact) mass is 305 g/mol. The highest BCUT2D eigenvalue weighted by atomic mass is 16.6. The van der Waals surface area contributed by atoms with Gasteiger partial charge in [0.15, 0.2) is 5.78 Å². The maximum atomic E-state index is 12.4. The maximum Gasteiger partial charge on any atom is 0.414 e. The summed E-state index contributed by atoms with van der Waals surface area (Å²) in [4.78, 5) is 26.3. The van der Waals surface area contributed by atoms with Crippen molar-refractivity contribution < 1.29 is 19.4 Å². The molecule has 1 atom stereocenters. The minimum atomic E-state index is -0.406. The van der Waals surface area contributed by atoms with Crippen molar-refractivity contribution in [3.8, 4) is 0 Å². The van der Waals surface area contributed by atoms with Crippen LogP contribution in [-0.4, -0.2) is 36.2 Å². The van der Waals surface area contributed by atoms with Gasteiger partial charge in [0.05, 0.1) is 12.3 Å². The lowest BCUT2D eigenvalue weighted by Crippen LogP contribution is -2.46. The Morgan fingerprint density at radius 1 is 1.36 bits per heavy atom. The zero-order valence-electron chi connectivity index (χ0n) is 13.0. The summed E-state index contributed by atoms with van der Waals surface area (Å²) in [6.45, 7) is 2.46. The molecule has 1 aliphatic heterocycles. The van der Waals surface area contributed by atoms with Gasteiger partial charge in [-0.05, 0) is 31.4 Å². The molecule has 1 aromatic rings. The summed E-state index contributed by atoms with van der Waals surface area (Å²) in [6.07, 6.45) is 2.78. The fraction of sp³-hybridized carbons (Fsp3) is 0.529. The molecule has 5 heteroatoms. The number of anilines is 1. The van der Waals surface area contributed by atoms with E-state index in [4.69, 9.17) is 9.84 Å². The smallest absolute Gasteiger partial charge is 0.414 e. The van der Waals surface area contributed by atoms with Crippen LogP contribution in [0.3, 0.4) is 0 Å². The van der Waals surface area contributed by atoms with Crippen LogP contribution in [0.15, 0.2) is 24.3 Å². The van der Waals surface area contributed by atoms with Crippen LogP contribution in [-0.2, 0) is 4.74 Å². The van der Waals surface area contributed by atoms with E-state index in [-0.39, 0.29) is 24.9 Å². The summed E-state index contributed by atoms with van der Waals surface area (Å²) in [5, 5.41) is 9.04. The minimum Gasteiger partial charge on any atom is -0.449 e. The molecular weight excluding hydrogens is 282 g/mol. The second-order valence-electron chi connectivity index (χ2n) is 5.50. The first-order chi connectivity index (χ1) is 10.7. The Labute approximate surface area is 130 Å². The molecule has 22 heavy (non-hydrogen) atoms. The lowest BCUT2D eigenvalue weighted by molar-refractivity contribution is 0.0958. The van der Waals surface area contributed by atoms with E-state index < -0.39 is 6.09 Å². The number of aliphatic hydroxyl groups is 1. The van der Waals surface area contributed by atoms with E-state index in [1.165, 1.54) is 0 Å². The van der Waals surface area contributed by atoms with Crippen molar-refractivity contribution in [3.05, 3.63) is 29.8 Å². The van der Waals surface area contributed by atoms with Crippen molar-refractivity contribution in [2.24, 2.45) is 0 Å². The predicted octanol–water partition coefficient (Wildman–Crippen LogP) is 3.16. The molecular formula is C17H23NO4. The fourth-order valence-electron chi connectivity index (χ4n) is 2.71. The van der Waals surface area contributed by atoms with Crippen LogP contribution in [0.4, 0.5) is 10.5 Å². The van der Waals surface area contributed by atoms with Gasteiger partial charge in [0, 0.05) is 24.6 Å². The molecule has 1 heterocycles. The van der Waals surface area contributed by atoms with Crippen LogP contribution >= 0.6 is 0 Å². The molecule has 2 rings (SSSR count). The number of hydrogen-bond donors (Lipinski definition) is 1. The molecule has 1 N–H and O–H groups in total. The van der Waals surface area contributed by atoms with E-state index in [1.54, 1.807) is 23.1 Å². The maximum absolute atomic E-state index is 12.4. The van der Waals surface area contributed by atoms with Crippen molar-refractivity contribution in [1.29, 1.82) is 0 Å². The zero-order chi connectivity index (χ0) is 15.9. The van der Waals surface area contributed by atoms with E-state index in [2.05, 4.69) is 0 Å². The highest BCUT2D eigenvalue weighted by Crippen LogP contribution is 2.32. The molecule has 0 aliphatic carbocycles. The summed E-state index contributed by atoms with van der Waals surface area (Å²) in [7, 11) is 0. The molecule has 0 saturated heterocycles. The molecule has 1 aliphatic rings. The molecule has 0 radical (unpaired) electrons. The van der Waals surface area contributed by atoms with Gasteiger partial charge in [0.2, 0.25) is 0 Å². The number of amides is 1. The first-order valence-electron chi connectivity index (χ1n) is 7.88. The number of benzene rings is 1. The first-order valence-corrected chi connectivity index (χ1v) is 7.88. The minimum absolute atomic E-state index is 0.0381. The molecule has 0 spiro atoms. The number of aliphatic hydroxyl groups excluding tert-OH is 1. The largest absolute Gasteiger partial charge is 0.449 e. The quantitative estimate of drug-likeness (QED) is 0.820. The third-order valence-corrected chi connectivity index (χ3v) is 3.87. The Kier molecular flexibility index (Phi) is 5.95. The summed E-state index contributed by atoms with van der Waals surface area (Å²) in [5.41, 5.74) is 1.18. The molecule has 1 aromatic carbocycles. The normalized spacial score (nSPS) is 17.3. The molecule has 0 aromatic heterocycles. The highest BCUT2D eigenvalue weighted by molar-refractivity contribution is 6.08.